The van der Waals surface area contributed by atoms with Crippen LogP contribution >= 0.6 is 0 Å². The minimum Gasteiger partial charge on any atom is -0.0686 e. The van der Waals surface area contributed by atoms with Gasteiger partial charge in [0.05, 0.1) is 0 Å². The molecular formula is C2H2N3. The number of hydrogen-bond acceptors (Lipinski definition) is 1. The zero-order valence-electron chi connectivity index (χ0n) is 2.50. The summed E-state index contributed by atoms with van der Waals surface area (Å²) in [4.78, 5) is 2.30. The van der Waals surface area contributed by atoms with Crippen molar-refractivity contribution in [3.63, 3.8) is 0 Å². The van der Waals surface area contributed by atoms with Crippen molar-refractivity contribution in [2.24, 2.45) is 5.11 Å². The van der Waals surface area contributed by atoms with Crippen molar-refractivity contribution in [3.05, 3.63) is 23.2 Å². The molecule has 0 saturated heterocycles. The SMILES string of the molecule is [CH]=CN=[N+]=[N-]. The fraction of sp³-hybridized carbons (Fsp3) is 0. The van der Waals surface area contributed by atoms with Gasteiger partial charge in [0, 0.05) is 11.1 Å². The normalized spacial score (nSPS) is 4.80. The molecule has 3 heteroatoms. The lowest BCUT2D eigenvalue weighted by atomic mass is 11.1. The zero-order chi connectivity index (χ0) is 4.12. The van der Waals surface area contributed by atoms with Crippen LogP contribution in [-0.2, 0) is 0 Å². The molecule has 0 aliphatic heterocycles. The molecule has 0 aliphatic rings. The van der Waals surface area contributed by atoms with Gasteiger partial charge in [-0.15, -0.1) is 0 Å². The molecule has 0 spiro atoms. The van der Waals surface area contributed by atoms with Crippen molar-refractivity contribution >= 4 is 0 Å². The second kappa shape index (κ2) is 3.05. The Bertz CT molecular complexity index is 69.0. The van der Waals surface area contributed by atoms with Crippen LogP contribution in [-0.4, -0.2) is 0 Å². The maximum absolute atomic E-state index is 7.41. The summed E-state index contributed by atoms with van der Waals surface area (Å²) in [5.74, 6) is 0. The Morgan fingerprint density at radius 1 is 2.00 bits per heavy atom. The minimum atomic E-state index is 0.889. The monoisotopic (exact) mass is 68.0 g/mol. The van der Waals surface area contributed by atoms with Crippen molar-refractivity contribution in [2.45, 2.75) is 0 Å². The van der Waals surface area contributed by atoms with Gasteiger partial charge in [-0.25, -0.2) is 0 Å². The second-order valence-corrected chi connectivity index (χ2v) is 0.354. The first kappa shape index (κ1) is 4.05. The van der Waals surface area contributed by atoms with Crippen LogP contribution < -0.4 is 0 Å². The molecule has 0 N–H and O–H groups in total. The number of azide groups is 1. The highest BCUT2D eigenvalue weighted by atomic mass is 15.1. The lowest BCUT2D eigenvalue weighted by Gasteiger charge is -1.44. The van der Waals surface area contributed by atoms with Gasteiger partial charge in [-0.1, -0.05) is 11.7 Å². The number of nitrogens with zero attached hydrogens (tertiary/aromatic N) is 3. The molecule has 3 nitrogen and oxygen atoms in total. The standard InChI is InChI=1S/C2H2N3/c1-2-4-5-3/h1-2H. The van der Waals surface area contributed by atoms with E-state index in [-0.39, 0.29) is 0 Å². The van der Waals surface area contributed by atoms with Gasteiger partial charge in [-0.3, -0.25) is 0 Å². The zero-order valence-corrected chi connectivity index (χ0v) is 2.50. The Morgan fingerprint density at radius 2 is 2.60 bits per heavy atom. The van der Waals surface area contributed by atoms with Crippen LogP contribution in [0.25, 0.3) is 10.4 Å². The predicted molar refractivity (Wildman–Crippen MR) is 18.0 cm³/mol. The van der Waals surface area contributed by atoms with Crippen LogP contribution in [0.2, 0.25) is 0 Å². The molecule has 0 rings (SSSR count). The first-order valence-corrected chi connectivity index (χ1v) is 0.992. The molecule has 0 saturated carbocycles. The predicted octanol–water partition coefficient (Wildman–Crippen LogP) is 1.24. The van der Waals surface area contributed by atoms with Gasteiger partial charge in [0.2, 0.25) is 0 Å². The topological polar surface area (TPSA) is 48.8 Å². The van der Waals surface area contributed by atoms with Gasteiger partial charge < -0.3 is 0 Å². The molecule has 0 fully saturated rings. The quantitative estimate of drug-likeness (QED) is 0.252. The third-order valence-electron chi connectivity index (χ3n) is 0.118. The number of hydrogen-bond donors (Lipinski definition) is 0. The molecule has 0 aromatic rings. The molecule has 25 valence electrons. The fourth-order valence-corrected chi connectivity index (χ4v) is 0.0298. The van der Waals surface area contributed by atoms with Gasteiger partial charge in [0.25, 0.3) is 0 Å². The molecule has 0 atom stereocenters. The Kier molecular flexibility index (Phi) is 2.47. The Morgan fingerprint density at radius 3 is 2.60 bits per heavy atom. The first-order chi connectivity index (χ1) is 2.41. The average Bonchev–Trinajstić information content (AvgIpc) is 1.41. The van der Waals surface area contributed by atoms with Gasteiger partial charge in [0.15, 0.2) is 0 Å². The molecular weight excluding hydrogens is 66.0 g/mol. The van der Waals surface area contributed by atoms with Crippen LogP contribution in [0.1, 0.15) is 0 Å². The van der Waals surface area contributed by atoms with E-state index in [0.717, 1.165) is 6.20 Å². The summed E-state index contributed by atoms with van der Waals surface area (Å²) < 4.78 is 0. The van der Waals surface area contributed by atoms with E-state index in [1.807, 2.05) is 0 Å². The van der Waals surface area contributed by atoms with Crippen LogP contribution in [0.4, 0.5) is 0 Å². The lowest BCUT2D eigenvalue weighted by Crippen LogP contribution is -1.23. The third kappa shape index (κ3) is 3.05. The summed E-state index contributed by atoms with van der Waals surface area (Å²) in [5, 5.41) is 2.81. The van der Waals surface area contributed by atoms with Gasteiger partial charge in [0.1, 0.15) is 0 Å². The van der Waals surface area contributed by atoms with Crippen molar-refractivity contribution < 1.29 is 0 Å². The Labute approximate surface area is 29.5 Å². The molecule has 0 amide bonds. The van der Waals surface area contributed by atoms with E-state index >= 15 is 0 Å². The van der Waals surface area contributed by atoms with Crippen LogP contribution in [0.5, 0.6) is 0 Å². The summed E-state index contributed by atoms with van der Waals surface area (Å²) in [6.45, 7) is 4.59. The Balaban J connectivity index is 3.31. The van der Waals surface area contributed by atoms with E-state index in [1.54, 1.807) is 0 Å². The highest BCUT2D eigenvalue weighted by Gasteiger charge is 1.39. The average molecular weight is 68.1 g/mol. The lowest BCUT2D eigenvalue weighted by molar-refractivity contribution is 1.52. The van der Waals surface area contributed by atoms with Gasteiger partial charge >= 0.3 is 0 Å². The van der Waals surface area contributed by atoms with Crippen molar-refractivity contribution in [1.82, 2.24) is 0 Å². The summed E-state index contributed by atoms with van der Waals surface area (Å²) in [5.41, 5.74) is 7.41. The largest absolute Gasteiger partial charge is 0.0686 e. The van der Waals surface area contributed by atoms with E-state index in [9.17, 15) is 0 Å². The van der Waals surface area contributed by atoms with E-state index in [2.05, 4.69) is 16.6 Å². The summed E-state index contributed by atoms with van der Waals surface area (Å²) in [6.07, 6.45) is 0.889. The minimum absolute atomic E-state index is 0.889. The van der Waals surface area contributed by atoms with Crippen LogP contribution in [0.3, 0.4) is 0 Å². The maximum Gasteiger partial charge on any atom is 0.00475 e. The molecule has 5 heavy (non-hydrogen) atoms. The van der Waals surface area contributed by atoms with E-state index in [1.165, 1.54) is 0 Å². The van der Waals surface area contributed by atoms with Crippen LogP contribution in [0.15, 0.2) is 11.3 Å². The fourth-order valence-electron chi connectivity index (χ4n) is 0.0298. The second-order valence-electron chi connectivity index (χ2n) is 0.354. The summed E-state index contributed by atoms with van der Waals surface area (Å²) in [7, 11) is 0. The Hall–Kier alpha value is -0.950. The number of rotatable bonds is 1. The molecule has 0 aromatic carbocycles. The van der Waals surface area contributed by atoms with Gasteiger partial charge in [-0.2, -0.15) is 0 Å². The maximum atomic E-state index is 7.41. The van der Waals surface area contributed by atoms with Crippen molar-refractivity contribution in [2.75, 3.05) is 0 Å². The van der Waals surface area contributed by atoms with E-state index in [0.29, 0.717) is 0 Å². The summed E-state index contributed by atoms with van der Waals surface area (Å²) in [6, 6.07) is 0. The highest BCUT2D eigenvalue weighted by molar-refractivity contribution is 4.56. The molecule has 0 aliphatic carbocycles. The molecule has 1 radical (unpaired) electrons. The van der Waals surface area contributed by atoms with E-state index < -0.39 is 0 Å². The van der Waals surface area contributed by atoms with Crippen molar-refractivity contribution in [1.29, 1.82) is 0 Å². The molecule has 0 heterocycles. The van der Waals surface area contributed by atoms with Gasteiger partial charge in [-0.05, 0) is 5.53 Å². The van der Waals surface area contributed by atoms with E-state index in [4.69, 9.17) is 5.53 Å². The smallest absolute Gasteiger partial charge is 0.00475 e. The first-order valence-electron chi connectivity index (χ1n) is 0.992. The summed E-state index contributed by atoms with van der Waals surface area (Å²) >= 11 is 0. The molecule has 0 aromatic heterocycles. The third-order valence-corrected chi connectivity index (χ3v) is 0.118. The highest BCUT2D eigenvalue weighted by Crippen LogP contribution is 1.61. The molecule has 0 unspecified atom stereocenters. The van der Waals surface area contributed by atoms with Crippen LogP contribution in [0, 0.1) is 6.58 Å². The van der Waals surface area contributed by atoms with Crippen molar-refractivity contribution in [3.8, 4) is 0 Å². The molecule has 0 bridgehead atoms.